The number of aromatic amines is 1. The Balaban J connectivity index is 1.12. The summed E-state index contributed by atoms with van der Waals surface area (Å²) in [5.74, 6) is -0.450. The maximum Gasteiger partial charge on any atom is 0.328 e. The number of hydrogen-bond acceptors (Lipinski definition) is 7. The summed E-state index contributed by atoms with van der Waals surface area (Å²) in [7, 11) is 0. The Morgan fingerprint density at radius 3 is 2.33 bits per heavy atom. The number of H-pyrrole nitrogens is 1. The minimum Gasteiger partial charge on any atom is -0.341 e. The third kappa shape index (κ3) is 6.14. The fraction of sp³-hybridized carbons (Fsp3) is 0.385. The molecule has 0 bridgehead atoms. The Bertz CT molecular complexity index is 1500. The average Bonchev–Trinajstić information content (AvgIpc) is 3.47. The van der Waals surface area contributed by atoms with Gasteiger partial charge < -0.3 is 15.5 Å². The van der Waals surface area contributed by atoms with Crippen LogP contribution in [0, 0.1) is 0 Å². The van der Waals surface area contributed by atoms with Crippen LogP contribution in [0.4, 0.5) is 11.4 Å². The van der Waals surface area contributed by atoms with Gasteiger partial charge in [-0.05, 0) is 37.1 Å². The summed E-state index contributed by atoms with van der Waals surface area (Å²) >= 11 is 0. The van der Waals surface area contributed by atoms with E-state index >= 15 is 0 Å². The largest absolute Gasteiger partial charge is 0.341 e. The molecule has 1 aromatic carbocycles. The van der Waals surface area contributed by atoms with Crippen LogP contribution in [-0.4, -0.2) is 66.5 Å². The van der Waals surface area contributed by atoms with E-state index in [9.17, 15) is 24.0 Å². The number of nitrogens with zero attached hydrogens (tertiary/aromatic N) is 5. The van der Waals surface area contributed by atoms with Crippen molar-refractivity contribution >= 4 is 29.1 Å². The van der Waals surface area contributed by atoms with Gasteiger partial charge in [-0.2, -0.15) is 5.10 Å². The first-order chi connectivity index (χ1) is 18.7. The van der Waals surface area contributed by atoms with E-state index < -0.39 is 11.2 Å². The summed E-state index contributed by atoms with van der Waals surface area (Å²) in [6, 6.07) is 8.33. The first-order valence-electron chi connectivity index (χ1n) is 12.8. The molecule has 0 radical (unpaired) electrons. The van der Waals surface area contributed by atoms with Crippen molar-refractivity contribution in [1.82, 2.24) is 29.1 Å². The van der Waals surface area contributed by atoms with Crippen LogP contribution in [0.2, 0.25) is 0 Å². The highest BCUT2D eigenvalue weighted by Gasteiger charge is 2.30. The number of anilines is 2. The fourth-order valence-electron chi connectivity index (χ4n) is 5.08. The minimum absolute atomic E-state index is 0.117. The second-order valence-corrected chi connectivity index (χ2v) is 9.86. The van der Waals surface area contributed by atoms with Crippen LogP contribution >= 0.6 is 0 Å². The highest BCUT2D eigenvalue weighted by Crippen LogP contribution is 2.29. The van der Waals surface area contributed by atoms with Gasteiger partial charge in [-0.15, -0.1) is 0 Å². The second-order valence-electron chi connectivity index (χ2n) is 9.86. The zero-order chi connectivity index (χ0) is 27.5. The highest BCUT2D eigenvalue weighted by molar-refractivity contribution is 5.93. The Hall–Kier alpha value is -4.52. The summed E-state index contributed by atoms with van der Waals surface area (Å²) in [5, 5.41) is 10.2. The molecule has 0 saturated carbocycles. The van der Waals surface area contributed by atoms with Crippen molar-refractivity contribution in [3.05, 3.63) is 74.8 Å². The van der Waals surface area contributed by atoms with E-state index in [2.05, 4.69) is 25.6 Å². The Morgan fingerprint density at radius 1 is 0.974 bits per heavy atom. The van der Waals surface area contributed by atoms with Crippen molar-refractivity contribution in [2.45, 2.75) is 45.4 Å². The summed E-state index contributed by atoms with van der Waals surface area (Å²) < 4.78 is 3.23. The van der Waals surface area contributed by atoms with Crippen LogP contribution in [0.5, 0.6) is 0 Å². The second kappa shape index (κ2) is 11.1. The third-order valence-electron chi connectivity index (χ3n) is 6.97. The quantitative estimate of drug-likeness (QED) is 0.399. The Morgan fingerprint density at radius 2 is 1.67 bits per heavy atom. The molecule has 0 spiro atoms. The number of aromatic nitrogens is 4. The summed E-state index contributed by atoms with van der Waals surface area (Å²) in [4.78, 5) is 65.6. The predicted octanol–water partition coefficient (Wildman–Crippen LogP) is 0.510. The lowest BCUT2D eigenvalue weighted by molar-refractivity contribution is -0.133. The normalized spacial score (nSPS) is 15.7. The first-order valence-corrected chi connectivity index (χ1v) is 12.8. The molecule has 3 aromatic rings. The number of rotatable bonds is 7. The molecule has 3 amide bonds. The molecule has 3 N–H and O–H groups in total. The number of piperidine rings is 1. The van der Waals surface area contributed by atoms with Crippen LogP contribution in [-0.2, 0) is 34.0 Å². The van der Waals surface area contributed by atoms with Crippen molar-refractivity contribution in [1.29, 1.82) is 0 Å². The molecule has 0 atom stereocenters. The van der Waals surface area contributed by atoms with Gasteiger partial charge in [0.05, 0.1) is 24.5 Å². The van der Waals surface area contributed by atoms with E-state index in [1.165, 1.54) is 23.8 Å². The van der Waals surface area contributed by atoms with E-state index in [0.29, 0.717) is 37.6 Å². The van der Waals surface area contributed by atoms with E-state index in [1.54, 1.807) is 29.2 Å². The Labute approximate surface area is 223 Å². The third-order valence-corrected chi connectivity index (χ3v) is 6.97. The number of amides is 3. The van der Waals surface area contributed by atoms with Gasteiger partial charge in [-0.1, -0.05) is 0 Å². The minimum atomic E-state index is -0.601. The van der Waals surface area contributed by atoms with Gasteiger partial charge in [0.1, 0.15) is 6.54 Å². The molecule has 1 saturated heterocycles. The van der Waals surface area contributed by atoms with Gasteiger partial charge >= 0.3 is 5.69 Å². The monoisotopic (exact) mass is 534 g/mol. The molecule has 13 nitrogen and oxygen atoms in total. The van der Waals surface area contributed by atoms with Gasteiger partial charge in [-0.25, -0.2) is 4.79 Å². The number of benzene rings is 1. The van der Waals surface area contributed by atoms with Crippen molar-refractivity contribution in [3.63, 3.8) is 0 Å². The number of fused-ring (bicyclic) bond motifs is 1. The maximum absolute atomic E-state index is 12.7. The zero-order valence-electron chi connectivity index (χ0n) is 21.6. The summed E-state index contributed by atoms with van der Waals surface area (Å²) in [6.07, 6.45) is 4.65. The first kappa shape index (κ1) is 26.1. The zero-order valence-corrected chi connectivity index (χ0v) is 21.6. The molecule has 2 aromatic heterocycles. The van der Waals surface area contributed by atoms with E-state index in [0.717, 1.165) is 24.1 Å². The maximum atomic E-state index is 12.7. The van der Waals surface area contributed by atoms with Gasteiger partial charge in [0.2, 0.25) is 17.7 Å². The molecular weight excluding hydrogens is 504 g/mol. The summed E-state index contributed by atoms with van der Waals surface area (Å²) in [6.45, 7) is 3.89. The highest BCUT2D eigenvalue weighted by atomic mass is 16.2. The van der Waals surface area contributed by atoms with Crippen LogP contribution in [0.1, 0.15) is 37.1 Å². The standard InChI is InChI=1S/C26H30N8O5/c1-17(35)28-19-2-4-20(5-3-19)29-24(37)15-31-13-18-12-27-34(22(18)14-31)21-6-9-32(10-7-21)25(38)16-33-11-8-23(36)30-26(33)39/h2-5,8,11-12,21H,6-7,9-10,13-16H2,1H3,(H,28,35)(H,29,37)(H,30,36,39). The lowest BCUT2D eigenvalue weighted by Crippen LogP contribution is -2.43. The molecular formula is C26H30N8O5. The molecule has 0 unspecified atom stereocenters. The van der Waals surface area contributed by atoms with E-state index in [4.69, 9.17) is 0 Å². The van der Waals surface area contributed by atoms with Crippen molar-refractivity contribution in [2.75, 3.05) is 30.3 Å². The molecule has 1 fully saturated rings. The van der Waals surface area contributed by atoms with Crippen LogP contribution < -0.4 is 21.9 Å². The molecule has 2 aliphatic rings. The molecule has 39 heavy (non-hydrogen) atoms. The molecule has 4 heterocycles. The number of likely N-dealkylation sites (tertiary alicyclic amines) is 1. The molecule has 204 valence electrons. The molecule has 0 aliphatic carbocycles. The fourth-order valence-corrected chi connectivity index (χ4v) is 5.08. The SMILES string of the molecule is CC(=O)Nc1ccc(NC(=O)CN2Cc3cnn(C4CCN(C(=O)Cn5ccc(=O)[nH]c5=O)CC4)c3C2)cc1. The number of carbonyl (C=O) groups is 3. The number of nitrogens with one attached hydrogen (secondary N) is 3. The summed E-state index contributed by atoms with van der Waals surface area (Å²) in [5.41, 5.74) is 2.41. The lowest BCUT2D eigenvalue weighted by atomic mass is 10.0. The Kier molecular flexibility index (Phi) is 7.41. The predicted molar refractivity (Wildman–Crippen MR) is 142 cm³/mol. The smallest absolute Gasteiger partial charge is 0.328 e. The van der Waals surface area contributed by atoms with Crippen molar-refractivity contribution in [3.8, 4) is 0 Å². The van der Waals surface area contributed by atoms with Crippen LogP contribution in [0.25, 0.3) is 0 Å². The number of carbonyl (C=O) groups excluding carboxylic acids is 3. The van der Waals surface area contributed by atoms with E-state index in [-0.39, 0.29) is 36.9 Å². The van der Waals surface area contributed by atoms with E-state index in [1.807, 2.05) is 10.9 Å². The molecule has 5 rings (SSSR count). The van der Waals surface area contributed by atoms with Gasteiger partial charge in [0.25, 0.3) is 5.56 Å². The van der Waals surface area contributed by atoms with Gasteiger partial charge in [-0.3, -0.25) is 38.3 Å². The van der Waals surface area contributed by atoms with Crippen LogP contribution in [0.15, 0.2) is 52.3 Å². The number of hydrogen-bond donors (Lipinski definition) is 3. The van der Waals surface area contributed by atoms with Crippen molar-refractivity contribution in [2.24, 2.45) is 0 Å². The topological polar surface area (TPSA) is 154 Å². The molecule has 2 aliphatic heterocycles. The lowest BCUT2D eigenvalue weighted by Gasteiger charge is -2.33. The van der Waals surface area contributed by atoms with Gasteiger partial charge in [0.15, 0.2) is 0 Å². The average molecular weight is 535 g/mol. The van der Waals surface area contributed by atoms with Crippen LogP contribution in [0.3, 0.4) is 0 Å². The van der Waals surface area contributed by atoms with Gasteiger partial charge in [0, 0.05) is 62.3 Å². The molecule has 13 heteroatoms. The van der Waals surface area contributed by atoms with Crippen molar-refractivity contribution < 1.29 is 14.4 Å².